The number of halogens is 1. The van der Waals surface area contributed by atoms with Gasteiger partial charge in [-0.2, -0.15) is 14.4 Å². The summed E-state index contributed by atoms with van der Waals surface area (Å²) < 4.78 is 24.7. The zero-order chi connectivity index (χ0) is 25.7. The number of rotatable bonds is 9. The molecule has 3 heterocycles. The number of amides is 2. The molecule has 0 bridgehead atoms. The number of aromatic nitrogens is 2. The van der Waals surface area contributed by atoms with Crippen LogP contribution in [0.4, 0.5) is 21.0 Å². The highest BCUT2D eigenvalue weighted by Crippen LogP contribution is 2.25. The van der Waals surface area contributed by atoms with Gasteiger partial charge >= 0.3 is 6.09 Å². The Morgan fingerprint density at radius 1 is 1.25 bits per heavy atom. The third-order valence-electron chi connectivity index (χ3n) is 6.49. The summed E-state index contributed by atoms with van der Waals surface area (Å²) in [6.07, 6.45) is 0.442. The first kappa shape index (κ1) is 25.5. The van der Waals surface area contributed by atoms with Crippen LogP contribution in [0.1, 0.15) is 18.1 Å². The second-order valence-corrected chi connectivity index (χ2v) is 8.80. The minimum absolute atomic E-state index is 0.0226. The maximum absolute atomic E-state index is 14.3. The van der Waals surface area contributed by atoms with Crippen LogP contribution < -0.4 is 10.2 Å². The fourth-order valence-electron chi connectivity index (χ4n) is 4.27. The van der Waals surface area contributed by atoms with Crippen molar-refractivity contribution in [2.75, 3.05) is 50.1 Å². The Hall–Kier alpha value is -3.57. The van der Waals surface area contributed by atoms with Crippen LogP contribution in [0.3, 0.4) is 0 Å². The molecule has 2 amide bonds. The Balaban J connectivity index is 1.34. The molecule has 2 atom stereocenters. The molecule has 2 aliphatic rings. The van der Waals surface area contributed by atoms with Crippen molar-refractivity contribution in [3.63, 3.8) is 0 Å². The maximum Gasteiger partial charge on any atom is 0.416 e. The number of anilines is 2. The fourth-order valence-corrected chi connectivity index (χ4v) is 4.27. The van der Waals surface area contributed by atoms with E-state index < -0.39 is 18.1 Å². The highest BCUT2D eigenvalue weighted by atomic mass is 19.1. The number of methoxy groups -OCH3 is 1. The van der Waals surface area contributed by atoms with Gasteiger partial charge in [-0.25, -0.2) is 4.79 Å². The number of cyclic esters (lactones) is 1. The van der Waals surface area contributed by atoms with Gasteiger partial charge in [0, 0.05) is 52.4 Å². The van der Waals surface area contributed by atoms with E-state index in [-0.39, 0.29) is 30.4 Å². The van der Waals surface area contributed by atoms with Crippen LogP contribution in [0.2, 0.25) is 0 Å². The lowest BCUT2D eigenvalue weighted by Crippen LogP contribution is -2.47. The van der Waals surface area contributed by atoms with Gasteiger partial charge in [-0.3, -0.25) is 14.6 Å². The first-order valence-corrected chi connectivity index (χ1v) is 11.9. The van der Waals surface area contributed by atoms with E-state index in [0.717, 1.165) is 36.8 Å². The molecule has 2 fully saturated rings. The van der Waals surface area contributed by atoms with Crippen molar-refractivity contribution in [2.45, 2.75) is 32.2 Å². The Morgan fingerprint density at radius 2 is 1.94 bits per heavy atom. The lowest BCUT2D eigenvalue weighted by molar-refractivity contribution is -0.127. The number of nitrogens with zero attached hydrogens (tertiary/aromatic N) is 5. The molecular formula is C25H31FN6O4. The Bertz CT molecular complexity index is 1090. The molecule has 10 nitrogen and oxygen atoms in total. The maximum atomic E-state index is 14.3. The molecule has 4 rings (SSSR count). The minimum Gasteiger partial charge on any atom is -0.447 e. The SMILES string of the molecule is C=CC(=O)N1CCN(Cc2ccc(CNc3nc(F)cc(N4C(=O)OCC4C(C)OC)n3)cc2)CC1. The van der Waals surface area contributed by atoms with Gasteiger partial charge in [0.2, 0.25) is 17.8 Å². The molecule has 0 spiro atoms. The highest BCUT2D eigenvalue weighted by Gasteiger charge is 2.39. The van der Waals surface area contributed by atoms with E-state index in [0.29, 0.717) is 19.6 Å². The van der Waals surface area contributed by atoms with Crippen molar-refractivity contribution in [2.24, 2.45) is 0 Å². The van der Waals surface area contributed by atoms with Crippen molar-refractivity contribution in [3.05, 3.63) is 60.1 Å². The molecule has 192 valence electrons. The number of nitrogens with one attached hydrogen (secondary N) is 1. The summed E-state index contributed by atoms with van der Waals surface area (Å²) in [5.74, 6) is -0.585. The molecule has 0 radical (unpaired) electrons. The average molecular weight is 499 g/mol. The van der Waals surface area contributed by atoms with Crippen molar-refractivity contribution in [1.29, 1.82) is 0 Å². The van der Waals surface area contributed by atoms with Gasteiger partial charge in [-0.15, -0.1) is 0 Å². The smallest absolute Gasteiger partial charge is 0.416 e. The van der Waals surface area contributed by atoms with Gasteiger partial charge in [0.1, 0.15) is 18.5 Å². The van der Waals surface area contributed by atoms with Gasteiger partial charge in [-0.05, 0) is 24.1 Å². The van der Waals surface area contributed by atoms with Gasteiger partial charge in [0.05, 0.1) is 6.10 Å². The third kappa shape index (κ3) is 5.97. The van der Waals surface area contributed by atoms with Crippen molar-refractivity contribution in [1.82, 2.24) is 19.8 Å². The van der Waals surface area contributed by atoms with E-state index in [4.69, 9.17) is 9.47 Å². The highest BCUT2D eigenvalue weighted by molar-refractivity contribution is 5.89. The number of hydrogen-bond acceptors (Lipinski definition) is 8. The van der Waals surface area contributed by atoms with Crippen molar-refractivity contribution in [3.8, 4) is 0 Å². The lowest BCUT2D eigenvalue weighted by atomic mass is 10.1. The van der Waals surface area contributed by atoms with E-state index >= 15 is 0 Å². The molecule has 2 saturated heterocycles. The van der Waals surface area contributed by atoms with Gasteiger partial charge in [0.25, 0.3) is 0 Å². The lowest BCUT2D eigenvalue weighted by Gasteiger charge is -2.34. The zero-order valence-electron chi connectivity index (χ0n) is 20.5. The normalized spacial score (nSPS) is 19.2. The largest absolute Gasteiger partial charge is 0.447 e. The Labute approximate surface area is 209 Å². The van der Waals surface area contributed by atoms with Gasteiger partial charge in [-0.1, -0.05) is 30.8 Å². The fraction of sp³-hybridized carbons (Fsp3) is 0.440. The molecular weight excluding hydrogens is 467 g/mol. The number of hydrogen-bond donors (Lipinski definition) is 1. The van der Waals surface area contributed by atoms with Crippen LogP contribution in [-0.4, -0.2) is 83.8 Å². The Morgan fingerprint density at radius 3 is 2.61 bits per heavy atom. The predicted molar refractivity (Wildman–Crippen MR) is 132 cm³/mol. The second kappa shape index (κ2) is 11.4. The summed E-state index contributed by atoms with van der Waals surface area (Å²) in [6.45, 7) is 9.70. The van der Waals surface area contributed by atoms with Crippen LogP contribution in [0.25, 0.3) is 0 Å². The molecule has 2 aromatic rings. The first-order chi connectivity index (χ1) is 17.4. The standard InChI is InChI=1S/C25H31FN6O4/c1-4-23(33)31-11-9-30(10-12-31)15-19-7-5-18(6-8-19)14-27-24-28-21(26)13-22(29-24)32-20(17(2)35-3)16-36-25(32)34/h4-8,13,17,20H,1,9-12,14-16H2,2-3H3,(H,27,28,29). The van der Waals surface area contributed by atoms with Crippen molar-refractivity contribution < 1.29 is 23.5 Å². The van der Waals surface area contributed by atoms with Crippen LogP contribution in [0.15, 0.2) is 43.0 Å². The van der Waals surface area contributed by atoms with Crippen molar-refractivity contribution >= 4 is 23.8 Å². The molecule has 2 unspecified atom stereocenters. The van der Waals surface area contributed by atoms with Crippen LogP contribution in [0.5, 0.6) is 0 Å². The molecule has 0 aliphatic carbocycles. The molecule has 1 aromatic heterocycles. The number of carbonyl (C=O) groups is 2. The van der Waals surface area contributed by atoms with E-state index in [2.05, 4.69) is 26.8 Å². The summed E-state index contributed by atoms with van der Waals surface area (Å²) in [4.78, 5) is 37.6. The Kier molecular flexibility index (Phi) is 8.11. The average Bonchev–Trinajstić information content (AvgIpc) is 3.28. The molecule has 0 saturated carbocycles. The third-order valence-corrected chi connectivity index (χ3v) is 6.49. The molecule has 11 heteroatoms. The molecule has 1 aromatic carbocycles. The predicted octanol–water partition coefficient (Wildman–Crippen LogP) is 2.42. The summed E-state index contributed by atoms with van der Waals surface area (Å²) in [7, 11) is 1.54. The van der Waals surface area contributed by atoms with E-state index in [9.17, 15) is 14.0 Å². The molecule has 36 heavy (non-hydrogen) atoms. The number of benzene rings is 1. The number of piperazine rings is 1. The topological polar surface area (TPSA) is 100 Å². The second-order valence-electron chi connectivity index (χ2n) is 8.80. The number of ether oxygens (including phenoxy) is 2. The minimum atomic E-state index is -0.753. The molecule has 2 aliphatic heterocycles. The first-order valence-electron chi connectivity index (χ1n) is 11.9. The van der Waals surface area contributed by atoms with Crippen LogP contribution >= 0.6 is 0 Å². The molecule has 1 N–H and O–H groups in total. The van der Waals surface area contributed by atoms with Crippen LogP contribution in [0, 0.1) is 5.95 Å². The summed E-state index contributed by atoms with van der Waals surface area (Å²) >= 11 is 0. The summed E-state index contributed by atoms with van der Waals surface area (Å²) in [6, 6.07) is 8.78. The monoisotopic (exact) mass is 498 g/mol. The summed E-state index contributed by atoms with van der Waals surface area (Å²) in [5, 5.41) is 3.03. The zero-order valence-corrected chi connectivity index (χ0v) is 20.5. The van der Waals surface area contributed by atoms with E-state index in [1.807, 2.05) is 36.1 Å². The van der Waals surface area contributed by atoms with E-state index in [1.54, 1.807) is 0 Å². The van der Waals surface area contributed by atoms with E-state index in [1.165, 1.54) is 18.1 Å². The summed E-state index contributed by atoms with van der Waals surface area (Å²) in [5.41, 5.74) is 2.14. The van der Waals surface area contributed by atoms with Crippen LogP contribution in [-0.2, 0) is 27.4 Å². The van der Waals surface area contributed by atoms with Gasteiger partial charge < -0.3 is 19.7 Å². The number of carbonyl (C=O) groups excluding carboxylic acids is 2. The van der Waals surface area contributed by atoms with Gasteiger partial charge in [0.15, 0.2) is 0 Å². The quantitative estimate of drug-likeness (QED) is 0.416.